The molecule has 0 aliphatic heterocycles. The molecule has 0 radical (unpaired) electrons. The number of rotatable bonds is 7. The Balaban J connectivity index is 1.31. The van der Waals surface area contributed by atoms with Crippen molar-refractivity contribution in [2.45, 2.75) is 18.0 Å². The number of benzene rings is 3. The molecule has 148 valence electrons. The maximum absolute atomic E-state index is 11.5. The third-order valence-corrected chi connectivity index (χ3v) is 5.69. The monoisotopic (exact) mass is 407 g/mol. The largest absolute Gasteiger partial charge is 0.457 e. The van der Waals surface area contributed by atoms with Gasteiger partial charge in [-0.3, -0.25) is 0 Å². The first kappa shape index (κ1) is 19.2. The summed E-state index contributed by atoms with van der Waals surface area (Å²) in [6, 6.07) is 20.6. The van der Waals surface area contributed by atoms with E-state index in [-0.39, 0.29) is 0 Å². The van der Waals surface area contributed by atoms with Crippen LogP contribution in [0.15, 0.2) is 78.0 Å². The van der Waals surface area contributed by atoms with Crippen molar-refractivity contribution >= 4 is 20.9 Å². The molecule has 4 rings (SSSR count). The van der Waals surface area contributed by atoms with Gasteiger partial charge in [0.25, 0.3) is 0 Å². The molecular weight excluding hydrogens is 386 g/mol. The Kier molecular flexibility index (Phi) is 5.33. The average Bonchev–Trinajstić information content (AvgIpc) is 3.17. The van der Waals surface area contributed by atoms with E-state index in [0.29, 0.717) is 18.0 Å². The van der Waals surface area contributed by atoms with E-state index in [1.807, 2.05) is 54.6 Å². The van der Waals surface area contributed by atoms with Crippen LogP contribution in [0.2, 0.25) is 0 Å². The van der Waals surface area contributed by atoms with Crippen LogP contribution in [0.3, 0.4) is 0 Å². The van der Waals surface area contributed by atoms with E-state index in [0.717, 1.165) is 33.7 Å². The molecule has 0 spiro atoms. The number of aromatic nitrogens is 2. The number of nitrogens with zero attached hydrogens (tertiary/aromatic N) is 1. The minimum absolute atomic E-state index is 0.337. The summed E-state index contributed by atoms with van der Waals surface area (Å²) >= 11 is 0. The van der Waals surface area contributed by atoms with Crippen molar-refractivity contribution in [2.75, 3.05) is 6.26 Å². The number of imidazole rings is 1. The highest BCUT2D eigenvalue weighted by molar-refractivity contribution is 7.90. The van der Waals surface area contributed by atoms with E-state index in [2.05, 4.69) is 15.3 Å². The fourth-order valence-corrected chi connectivity index (χ4v) is 3.63. The highest BCUT2D eigenvalue weighted by Gasteiger charge is 2.06. The zero-order valence-corrected chi connectivity index (χ0v) is 16.7. The zero-order chi connectivity index (χ0) is 20.3. The minimum Gasteiger partial charge on any atom is -0.457 e. The van der Waals surface area contributed by atoms with E-state index in [1.165, 1.54) is 6.26 Å². The number of sulfone groups is 1. The number of aromatic amines is 1. The molecule has 7 heteroatoms. The van der Waals surface area contributed by atoms with Gasteiger partial charge in [0, 0.05) is 25.4 Å². The molecule has 1 heterocycles. The summed E-state index contributed by atoms with van der Waals surface area (Å²) < 4.78 is 28.9. The molecule has 6 nitrogen and oxygen atoms in total. The summed E-state index contributed by atoms with van der Waals surface area (Å²) in [7, 11) is -3.15. The van der Waals surface area contributed by atoms with Gasteiger partial charge in [-0.1, -0.05) is 24.3 Å². The lowest BCUT2D eigenvalue weighted by Crippen LogP contribution is -2.12. The van der Waals surface area contributed by atoms with Crippen LogP contribution in [-0.2, 0) is 22.9 Å². The van der Waals surface area contributed by atoms with Gasteiger partial charge >= 0.3 is 0 Å². The van der Waals surface area contributed by atoms with Crippen molar-refractivity contribution in [1.82, 2.24) is 15.3 Å². The van der Waals surface area contributed by atoms with Gasteiger partial charge in [0.15, 0.2) is 9.84 Å². The van der Waals surface area contributed by atoms with Gasteiger partial charge in [0.2, 0.25) is 0 Å². The van der Waals surface area contributed by atoms with E-state index in [4.69, 9.17) is 4.74 Å². The first-order valence-corrected chi connectivity index (χ1v) is 11.1. The van der Waals surface area contributed by atoms with E-state index >= 15 is 0 Å². The summed E-state index contributed by atoms with van der Waals surface area (Å²) in [5, 5.41) is 3.36. The second kappa shape index (κ2) is 8.06. The Morgan fingerprint density at radius 2 is 1.52 bits per heavy atom. The minimum atomic E-state index is -3.15. The fourth-order valence-electron chi connectivity index (χ4n) is 3.00. The molecule has 4 aromatic rings. The molecule has 0 saturated heterocycles. The molecule has 2 N–H and O–H groups in total. The molecule has 0 fully saturated rings. The van der Waals surface area contributed by atoms with Crippen molar-refractivity contribution in [3.05, 3.63) is 84.2 Å². The number of ether oxygens (including phenoxy) is 1. The molecule has 3 aromatic carbocycles. The quantitative estimate of drug-likeness (QED) is 0.483. The van der Waals surface area contributed by atoms with Crippen LogP contribution in [0.25, 0.3) is 11.0 Å². The Hall–Kier alpha value is -3.16. The van der Waals surface area contributed by atoms with E-state index in [1.54, 1.807) is 18.5 Å². The first-order chi connectivity index (χ1) is 14.0. The van der Waals surface area contributed by atoms with Gasteiger partial charge in [0.05, 0.1) is 22.3 Å². The molecule has 0 unspecified atom stereocenters. The number of hydrogen-bond donors (Lipinski definition) is 2. The van der Waals surface area contributed by atoms with Crippen LogP contribution in [-0.4, -0.2) is 24.6 Å². The summed E-state index contributed by atoms with van der Waals surface area (Å²) in [4.78, 5) is 7.61. The highest BCUT2D eigenvalue weighted by atomic mass is 32.2. The predicted molar refractivity (Wildman–Crippen MR) is 113 cm³/mol. The Morgan fingerprint density at radius 1 is 0.897 bits per heavy atom. The Labute approximate surface area is 169 Å². The molecule has 29 heavy (non-hydrogen) atoms. The summed E-state index contributed by atoms with van der Waals surface area (Å²) in [5.74, 6) is 1.52. The van der Waals surface area contributed by atoms with Crippen LogP contribution < -0.4 is 10.1 Å². The van der Waals surface area contributed by atoms with Crippen molar-refractivity contribution < 1.29 is 13.2 Å². The van der Waals surface area contributed by atoms with Crippen molar-refractivity contribution in [2.24, 2.45) is 0 Å². The van der Waals surface area contributed by atoms with Gasteiger partial charge in [-0.2, -0.15) is 0 Å². The Bertz CT molecular complexity index is 1210. The molecule has 0 bridgehead atoms. The van der Waals surface area contributed by atoms with Crippen LogP contribution in [0.1, 0.15) is 11.1 Å². The number of hydrogen-bond acceptors (Lipinski definition) is 5. The maximum Gasteiger partial charge on any atom is 0.175 e. The smallest absolute Gasteiger partial charge is 0.175 e. The lowest BCUT2D eigenvalue weighted by atomic mass is 10.2. The molecule has 1 aromatic heterocycles. The fraction of sp³-hybridized carbons (Fsp3) is 0.136. The summed E-state index contributed by atoms with van der Waals surface area (Å²) in [6.45, 7) is 1.36. The molecule has 0 aliphatic rings. The van der Waals surface area contributed by atoms with Crippen molar-refractivity contribution in [1.29, 1.82) is 0 Å². The van der Waals surface area contributed by atoms with Crippen LogP contribution >= 0.6 is 0 Å². The van der Waals surface area contributed by atoms with Crippen molar-refractivity contribution in [3.63, 3.8) is 0 Å². The SMILES string of the molecule is CS(=O)(=O)c1ccc(CNCc2ccc(Oc3ccc4nc[nH]c4c3)cc2)cc1. The van der Waals surface area contributed by atoms with Gasteiger partial charge in [-0.25, -0.2) is 13.4 Å². The van der Waals surface area contributed by atoms with Crippen LogP contribution in [0.5, 0.6) is 11.5 Å². The highest BCUT2D eigenvalue weighted by Crippen LogP contribution is 2.24. The molecule has 0 saturated carbocycles. The third kappa shape index (κ3) is 4.82. The average molecular weight is 407 g/mol. The van der Waals surface area contributed by atoms with Gasteiger partial charge in [0.1, 0.15) is 11.5 Å². The van der Waals surface area contributed by atoms with E-state index < -0.39 is 9.84 Å². The molecule has 0 amide bonds. The predicted octanol–water partition coefficient (Wildman–Crippen LogP) is 4.05. The van der Waals surface area contributed by atoms with E-state index in [9.17, 15) is 8.42 Å². The number of fused-ring (bicyclic) bond motifs is 1. The topological polar surface area (TPSA) is 84.1 Å². The second-order valence-electron chi connectivity index (χ2n) is 6.85. The Morgan fingerprint density at radius 3 is 2.17 bits per heavy atom. The number of nitrogens with one attached hydrogen (secondary N) is 2. The van der Waals surface area contributed by atoms with Crippen LogP contribution in [0, 0.1) is 0 Å². The molecule has 0 atom stereocenters. The number of H-pyrrole nitrogens is 1. The van der Waals surface area contributed by atoms with Gasteiger partial charge in [-0.15, -0.1) is 0 Å². The maximum atomic E-state index is 11.5. The molecule has 0 aliphatic carbocycles. The standard InChI is InChI=1S/C22H21N3O3S/c1-29(26,27)20-9-4-17(5-10-20)14-23-13-16-2-6-18(7-3-16)28-19-8-11-21-22(12-19)25-15-24-21/h2-12,15,23H,13-14H2,1H3,(H,24,25). The first-order valence-electron chi connectivity index (χ1n) is 9.17. The summed E-state index contributed by atoms with van der Waals surface area (Å²) in [5.41, 5.74) is 4.01. The van der Waals surface area contributed by atoms with Gasteiger partial charge < -0.3 is 15.0 Å². The lowest BCUT2D eigenvalue weighted by molar-refractivity contribution is 0.483. The normalized spacial score (nSPS) is 11.6. The second-order valence-corrected chi connectivity index (χ2v) is 8.86. The third-order valence-electron chi connectivity index (χ3n) is 4.56. The lowest BCUT2D eigenvalue weighted by Gasteiger charge is -2.08. The zero-order valence-electron chi connectivity index (χ0n) is 15.9. The van der Waals surface area contributed by atoms with Crippen LogP contribution in [0.4, 0.5) is 0 Å². The summed E-state index contributed by atoms with van der Waals surface area (Å²) in [6.07, 6.45) is 2.87. The molecular formula is C22H21N3O3S. The van der Waals surface area contributed by atoms with Gasteiger partial charge in [-0.05, 0) is 47.5 Å². The van der Waals surface area contributed by atoms with Crippen molar-refractivity contribution in [3.8, 4) is 11.5 Å².